The second-order valence-electron chi connectivity index (χ2n) is 4.38. The molecule has 6 nitrogen and oxygen atoms in total. The molecular formula is C13H12N4O2. The summed E-state index contributed by atoms with van der Waals surface area (Å²) < 4.78 is 7.07. The molecule has 0 aliphatic rings. The average Bonchev–Trinajstić information content (AvgIpc) is 2.71. The molecule has 0 amide bonds. The molecule has 96 valence electrons. The Labute approximate surface area is 108 Å². The number of hydrogen-bond acceptors (Lipinski definition) is 4. The molecule has 6 heteroatoms. The van der Waals surface area contributed by atoms with Crippen LogP contribution in [-0.4, -0.2) is 19.6 Å². The van der Waals surface area contributed by atoms with Gasteiger partial charge in [-0.1, -0.05) is 6.07 Å². The fourth-order valence-corrected chi connectivity index (χ4v) is 1.99. The van der Waals surface area contributed by atoms with Gasteiger partial charge in [0.15, 0.2) is 0 Å². The number of aryl methyl sites for hydroxylation is 2. The molecule has 2 heterocycles. The van der Waals surface area contributed by atoms with Crippen molar-refractivity contribution in [1.82, 2.24) is 19.6 Å². The third kappa shape index (κ3) is 2.08. The SMILES string of the molecule is Cc1cc(C)cc(Oc2nccn3c(=O)[nH]nc23)c1. The highest BCUT2D eigenvalue weighted by Crippen LogP contribution is 2.23. The summed E-state index contributed by atoms with van der Waals surface area (Å²) >= 11 is 0. The summed E-state index contributed by atoms with van der Waals surface area (Å²) in [5, 5.41) is 6.26. The summed E-state index contributed by atoms with van der Waals surface area (Å²) in [6.45, 7) is 3.99. The monoisotopic (exact) mass is 256 g/mol. The lowest BCUT2D eigenvalue weighted by Gasteiger charge is -2.07. The zero-order chi connectivity index (χ0) is 13.4. The van der Waals surface area contributed by atoms with E-state index in [1.807, 2.05) is 26.0 Å². The van der Waals surface area contributed by atoms with Gasteiger partial charge in [0, 0.05) is 12.4 Å². The number of nitrogens with zero attached hydrogens (tertiary/aromatic N) is 3. The van der Waals surface area contributed by atoms with Gasteiger partial charge in [0.25, 0.3) is 5.88 Å². The molecule has 2 aromatic heterocycles. The third-order valence-electron chi connectivity index (χ3n) is 2.71. The molecule has 0 spiro atoms. The average molecular weight is 256 g/mol. The van der Waals surface area contributed by atoms with Crippen LogP contribution in [0.5, 0.6) is 11.6 Å². The van der Waals surface area contributed by atoms with Crippen LogP contribution in [-0.2, 0) is 0 Å². The molecule has 0 aliphatic heterocycles. The Morgan fingerprint density at radius 1 is 1.21 bits per heavy atom. The fraction of sp³-hybridized carbons (Fsp3) is 0.154. The number of hydrogen-bond donors (Lipinski definition) is 1. The minimum atomic E-state index is -0.317. The summed E-state index contributed by atoms with van der Waals surface area (Å²) in [4.78, 5) is 15.6. The first kappa shape index (κ1) is 11.5. The number of nitrogens with one attached hydrogen (secondary N) is 1. The molecule has 0 radical (unpaired) electrons. The number of fused-ring (bicyclic) bond motifs is 1. The van der Waals surface area contributed by atoms with Crippen molar-refractivity contribution in [3.8, 4) is 11.6 Å². The predicted molar refractivity (Wildman–Crippen MR) is 69.6 cm³/mol. The summed E-state index contributed by atoms with van der Waals surface area (Å²) in [5.41, 5.74) is 2.25. The lowest BCUT2D eigenvalue weighted by atomic mass is 10.1. The minimum Gasteiger partial charge on any atom is -0.436 e. The van der Waals surface area contributed by atoms with Crippen LogP contribution in [0, 0.1) is 13.8 Å². The maximum absolute atomic E-state index is 11.5. The summed E-state index contributed by atoms with van der Waals surface area (Å²) in [7, 11) is 0. The predicted octanol–water partition coefficient (Wildman–Crippen LogP) is 1.83. The summed E-state index contributed by atoms with van der Waals surface area (Å²) in [6.07, 6.45) is 3.04. The highest BCUT2D eigenvalue weighted by molar-refractivity contribution is 5.49. The number of aromatic nitrogens is 4. The Hall–Kier alpha value is -2.63. The summed E-state index contributed by atoms with van der Waals surface area (Å²) in [6, 6.07) is 5.87. The quantitative estimate of drug-likeness (QED) is 0.759. The molecule has 0 unspecified atom stereocenters. The van der Waals surface area contributed by atoms with Gasteiger partial charge in [-0.15, -0.1) is 5.10 Å². The smallest absolute Gasteiger partial charge is 0.347 e. The van der Waals surface area contributed by atoms with E-state index in [-0.39, 0.29) is 5.69 Å². The summed E-state index contributed by atoms with van der Waals surface area (Å²) in [5.74, 6) is 0.972. The standard InChI is InChI=1S/C13H12N4O2/c1-8-5-9(2)7-10(6-8)19-12-11-15-16-13(18)17(11)4-3-14-12/h3-7H,1-2H3,(H,16,18). The second-order valence-corrected chi connectivity index (χ2v) is 4.38. The van der Waals surface area contributed by atoms with Crippen molar-refractivity contribution < 1.29 is 4.74 Å². The first-order valence-corrected chi connectivity index (χ1v) is 5.81. The van der Waals surface area contributed by atoms with E-state index < -0.39 is 0 Å². The zero-order valence-electron chi connectivity index (χ0n) is 10.5. The fourth-order valence-electron chi connectivity index (χ4n) is 1.99. The Morgan fingerprint density at radius 2 is 1.95 bits per heavy atom. The number of ether oxygens (including phenoxy) is 1. The van der Waals surface area contributed by atoms with Gasteiger partial charge in [-0.05, 0) is 37.1 Å². The van der Waals surface area contributed by atoms with E-state index in [2.05, 4.69) is 21.2 Å². The van der Waals surface area contributed by atoms with Gasteiger partial charge in [-0.25, -0.2) is 19.3 Å². The minimum absolute atomic E-state index is 0.297. The van der Waals surface area contributed by atoms with Crippen molar-refractivity contribution in [3.63, 3.8) is 0 Å². The van der Waals surface area contributed by atoms with Crippen molar-refractivity contribution in [3.05, 3.63) is 52.2 Å². The zero-order valence-corrected chi connectivity index (χ0v) is 10.5. The third-order valence-corrected chi connectivity index (χ3v) is 2.71. The van der Waals surface area contributed by atoms with Gasteiger partial charge >= 0.3 is 5.69 Å². The molecule has 1 N–H and O–H groups in total. The van der Waals surface area contributed by atoms with E-state index in [9.17, 15) is 4.79 Å². The maximum Gasteiger partial charge on any atom is 0.347 e. The van der Waals surface area contributed by atoms with Gasteiger partial charge in [0.1, 0.15) is 5.75 Å². The van der Waals surface area contributed by atoms with Crippen molar-refractivity contribution in [2.24, 2.45) is 0 Å². The second kappa shape index (κ2) is 4.24. The molecule has 0 aliphatic carbocycles. The van der Waals surface area contributed by atoms with E-state index in [1.54, 1.807) is 0 Å². The Balaban J connectivity index is 2.08. The van der Waals surface area contributed by atoms with E-state index in [1.165, 1.54) is 16.8 Å². The van der Waals surface area contributed by atoms with Gasteiger partial charge in [-0.2, -0.15) is 0 Å². The van der Waals surface area contributed by atoms with Gasteiger partial charge in [-0.3, -0.25) is 0 Å². The Morgan fingerprint density at radius 3 is 2.68 bits per heavy atom. The number of benzene rings is 1. The van der Waals surface area contributed by atoms with Crippen LogP contribution in [0.25, 0.3) is 5.65 Å². The van der Waals surface area contributed by atoms with E-state index in [0.29, 0.717) is 17.3 Å². The molecule has 1 aromatic carbocycles. The molecular weight excluding hydrogens is 244 g/mol. The van der Waals surface area contributed by atoms with Crippen LogP contribution in [0.3, 0.4) is 0 Å². The van der Waals surface area contributed by atoms with Crippen LogP contribution < -0.4 is 10.4 Å². The molecule has 0 atom stereocenters. The number of H-pyrrole nitrogens is 1. The van der Waals surface area contributed by atoms with E-state index >= 15 is 0 Å². The first-order valence-electron chi connectivity index (χ1n) is 5.81. The van der Waals surface area contributed by atoms with Crippen LogP contribution in [0.1, 0.15) is 11.1 Å². The maximum atomic E-state index is 11.5. The van der Waals surface area contributed by atoms with Crippen LogP contribution in [0.2, 0.25) is 0 Å². The highest BCUT2D eigenvalue weighted by Gasteiger charge is 2.09. The van der Waals surface area contributed by atoms with Crippen molar-refractivity contribution in [2.75, 3.05) is 0 Å². The first-order chi connectivity index (χ1) is 9.13. The largest absolute Gasteiger partial charge is 0.436 e. The number of aromatic amines is 1. The lowest BCUT2D eigenvalue weighted by Crippen LogP contribution is -2.09. The van der Waals surface area contributed by atoms with Crippen LogP contribution >= 0.6 is 0 Å². The van der Waals surface area contributed by atoms with Crippen molar-refractivity contribution in [2.45, 2.75) is 13.8 Å². The van der Waals surface area contributed by atoms with Crippen molar-refractivity contribution in [1.29, 1.82) is 0 Å². The molecule has 19 heavy (non-hydrogen) atoms. The number of rotatable bonds is 2. The molecule has 3 aromatic rings. The topological polar surface area (TPSA) is 72.3 Å². The van der Waals surface area contributed by atoms with Gasteiger partial charge in [0.05, 0.1) is 0 Å². The lowest BCUT2D eigenvalue weighted by molar-refractivity contribution is 0.464. The van der Waals surface area contributed by atoms with Crippen LogP contribution in [0.4, 0.5) is 0 Å². The van der Waals surface area contributed by atoms with E-state index in [4.69, 9.17) is 4.74 Å². The molecule has 0 bridgehead atoms. The molecule has 0 saturated carbocycles. The van der Waals surface area contributed by atoms with Gasteiger partial charge in [0.2, 0.25) is 5.65 Å². The Bertz CT molecular complexity index is 784. The Kier molecular flexibility index (Phi) is 2.56. The normalized spacial score (nSPS) is 10.8. The van der Waals surface area contributed by atoms with E-state index in [0.717, 1.165) is 11.1 Å². The van der Waals surface area contributed by atoms with Gasteiger partial charge < -0.3 is 4.74 Å². The highest BCUT2D eigenvalue weighted by atomic mass is 16.5. The van der Waals surface area contributed by atoms with Crippen molar-refractivity contribution >= 4 is 5.65 Å². The molecule has 0 saturated heterocycles. The van der Waals surface area contributed by atoms with Crippen LogP contribution in [0.15, 0.2) is 35.4 Å². The molecule has 3 rings (SSSR count). The molecule has 0 fully saturated rings.